The van der Waals surface area contributed by atoms with Gasteiger partial charge >= 0.3 is 5.97 Å². The van der Waals surface area contributed by atoms with Gasteiger partial charge in [0.1, 0.15) is 0 Å². The van der Waals surface area contributed by atoms with E-state index in [1.165, 1.54) is 7.11 Å². The van der Waals surface area contributed by atoms with E-state index in [1.54, 1.807) is 12.3 Å². The van der Waals surface area contributed by atoms with Gasteiger partial charge in [-0.2, -0.15) is 0 Å². The topological polar surface area (TPSA) is 71.9 Å². The normalized spacial score (nSPS) is 16.9. The maximum Gasteiger partial charge on any atom is 0.339 e. The minimum atomic E-state index is -0.365. The van der Waals surface area contributed by atoms with Crippen molar-refractivity contribution >= 4 is 5.97 Å². The molecule has 1 aromatic rings. The maximum atomic E-state index is 11.3. The molecule has 0 radical (unpaired) electrons. The van der Waals surface area contributed by atoms with Crippen LogP contribution in [0.25, 0.3) is 0 Å². The van der Waals surface area contributed by atoms with Crippen molar-refractivity contribution in [2.75, 3.05) is 33.4 Å². The third-order valence-corrected chi connectivity index (χ3v) is 3.61. The number of rotatable bonds is 6. The molecule has 0 saturated carbocycles. The summed E-state index contributed by atoms with van der Waals surface area (Å²) in [6.45, 7) is 3.18. The molecule has 0 spiro atoms. The highest BCUT2D eigenvalue weighted by Gasteiger charge is 2.19. The molecule has 2 heterocycles. The zero-order valence-electron chi connectivity index (χ0n) is 12.3. The molecule has 0 aromatic carbocycles. The van der Waals surface area contributed by atoms with E-state index in [2.05, 4.69) is 14.6 Å². The molecule has 1 fully saturated rings. The first-order valence-electron chi connectivity index (χ1n) is 7.21. The number of hydrogen-bond donors (Lipinski definition) is 1. The van der Waals surface area contributed by atoms with Crippen LogP contribution in [0.4, 0.5) is 0 Å². The Kier molecular flexibility index (Phi) is 6.10. The molecule has 1 N–H and O–H groups in total. The van der Waals surface area contributed by atoms with Crippen LogP contribution in [-0.4, -0.2) is 60.5 Å². The minimum Gasteiger partial charge on any atom is -0.465 e. The summed E-state index contributed by atoms with van der Waals surface area (Å²) in [5.74, 6) is -0.365. The van der Waals surface area contributed by atoms with E-state index in [1.807, 2.05) is 6.07 Å². The second-order valence-electron chi connectivity index (χ2n) is 5.10. The first kappa shape index (κ1) is 15.9. The largest absolute Gasteiger partial charge is 0.465 e. The third-order valence-electron chi connectivity index (χ3n) is 3.61. The summed E-state index contributed by atoms with van der Waals surface area (Å²) in [4.78, 5) is 18.0. The van der Waals surface area contributed by atoms with E-state index in [4.69, 9.17) is 9.84 Å². The molecule has 1 saturated heterocycles. The van der Waals surface area contributed by atoms with Crippen molar-refractivity contribution in [3.05, 3.63) is 29.6 Å². The van der Waals surface area contributed by atoms with Crippen LogP contribution in [-0.2, 0) is 16.0 Å². The molecule has 6 heteroatoms. The number of nitrogens with zero attached hydrogens (tertiary/aromatic N) is 2. The number of ether oxygens (including phenoxy) is 2. The molecule has 1 aliphatic rings. The first-order valence-corrected chi connectivity index (χ1v) is 7.21. The van der Waals surface area contributed by atoms with Crippen molar-refractivity contribution in [2.24, 2.45) is 0 Å². The Morgan fingerprint density at radius 2 is 2.19 bits per heavy atom. The Bertz CT molecular complexity index is 441. The van der Waals surface area contributed by atoms with E-state index >= 15 is 0 Å². The van der Waals surface area contributed by atoms with Crippen molar-refractivity contribution in [1.82, 2.24) is 9.88 Å². The lowest BCUT2D eigenvalue weighted by Gasteiger charge is -2.31. The number of pyridine rings is 1. The smallest absolute Gasteiger partial charge is 0.339 e. The second-order valence-corrected chi connectivity index (χ2v) is 5.10. The summed E-state index contributed by atoms with van der Waals surface area (Å²) >= 11 is 0. The van der Waals surface area contributed by atoms with Gasteiger partial charge in [-0.15, -0.1) is 0 Å². The Morgan fingerprint density at radius 1 is 1.43 bits per heavy atom. The molecule has 116 valence electrons. The third kappa shape index (κ3) is 4.77. The summed E-state index contributed by atoms with van der Waals surface area (Å²) in [6.07, 6.45) is 3.75. The standard InChI is InChI=1S/C15H22N2O4/c1-20-15(19)12-2-3-13(16-10-12)11-17-6-4-14(5-7-17)21-9-8-18/h2-3,10,14,18H,4-9,11H2,1H3. The van der Waals surface area contributed by atoms with Crippen LogP contribution in [0.5, 0.6) is 0 Å². The summed E-state index contributed by atoms with van der Waals surface area (Å²) in [6, 6.07) is 3.60. The quantitative estimate of drug-likeness (QED) is 0.784. The van der Waals surface area contributed by atoms with E-state index in [9.17, 15) is 4.79 Å². The Hall–Kier alpha value is -1.50. The van der Waals surface area contributed by atoms with Gasteiger partial charge in [-0.05, 0) is 25.0 Å². The van der Waals surface area contributed by atoms with E-state index in [0.29, 0.717) is 12.2 Å². The predicted molar refractivity (Wildman–Crippen MR) is 76.9 cm³/mol. The molecule has 21 heavy (non-hydrogen) atoms. The second kappa shape index (κ2) is 8.07. The van der Waals surface area contributed by atoms with Crippen LogP contribution >= 0.6 is 0 Å². The molecular weight excluding hydrogens is 272 g/mol. The number of hydrogen-bond acceptors (Lipinski definition) is 6. The summed E-state index contributed by atoms with van der Waals surface area (Å²) < 4.78 is 10.2. The summed E-state index contributed by atoms with van der Waals surface area (Å²) in [5, 5.41) is 8.75. The van der Waals surface area contributed by atoms with Crippen LogP contribution in [0, 0.1) is 0 Å². The van der Waals surface area contributed by atoms with Gasteiger partial charge in [0.05, 0.1) is 37.7 Å². The average molecular weight is 294 g/mol. The number of piperidine rings is 1. The Morgan fingerprint density at radius 3 is 2.76 bits per heavy atom. The molecule has 1 aliphatic heterocycles. The highest BCUT2D eigenvalue weighted by Crippen LogP contribution is 2.15. The monoisotopic (exact) mass is 294 g/mol. The van der Waals surface area contributed by atoms with Crippen LogP contribution in [0.3, 0.4) is 0 Å². The van der Waals surface area contributed by atoms with Crippen LogP contribution in [0.15, 0.2) is 18.3 Å². The zero-order valence-corrected chi connectivity index (χ0v) is 12.3. The van der Waals surface area contributed by atoms with Crippen molar-refractivity contribution in [2.45, 2.75) is 25.5 Å². The molecule has 0 amide bonds. The molecule has 0 bridgehead atoms. The average Bonchev–Trinajstić information content (AvgIpc) is 2.54. The lowest BCUT2D eigenvalue weighted by molar-refractivity contribution is -0.00919. The lowest BCUT2D eigenvalue weighted by atomic mass is 10.1. The number of esters is 1. The number of aliphatic hydroxyl groups excluding tert-OH is 1. The number of carbonyl (C=O) groups excluding carboxylic acids is 1. The zero-order chi connectivity index (χ0) is 15.1. The van der Waals surface area contributed by atoms with Crippen molar-refractivity contribution in [3.8, 4) is 0 Å². The summed E-state index contributed by atoms with van der Waals surface area (Å²) in [5.41, 5.74) is 1.41. The minimum absolute atomic E-state index is 0.0800. The molecular formula is C15H22N2O4. The van der Waals surface area contributed by atoms with Gasteiger partial charge < -0.3 is 14.6 Å². The first-order chi connectivity index (χ1) is 10.2. The van der Waals surface area contributed by atoms with Crippen LogP contribution in [0.1, 0.15) is 28.9 Å². The molecule has 1 aromatic heterocycles. The van der Waals surface area contributed by atoms with Gasteiger partial charge in [-0.1, -0.05) is 0 Å². The molecule has 0 atom stereocenters. The predicted octanol–water partition coefficient (Wildman–Crippen LogP) is 0.841. The fraction of sp³-hybridized carbons (Fsp3) is 0.600. The fourth-order valence-electron chi connectivity index (χ4n) is 2.44. The molecule has 2 rings (SSSR count). The van der Waals surface area contributed by atoms with E-state index in [0.717, 1.165) is 38.2 Å². The fourth-order valence-corrected chi connectivity index (χ4v) is 2.44. The molecule has 6 nitrogen and oxygen atoms in total. The number of aliphatic hydroxyl groups is 1. The van der Waals surface area contributed by atoms with Gasteiger partial charge in [0.25, 0.3) is 0 Å². The lowest BCUT2D eigenvalue weighted by Crippen LogP contribution is -2.37. The van der Waals surface area contributed by atoms with Crippen molar-refractivity contribution < 1.29 is 19.4 Å². The SMILES string of the molecule is COC(=O)c1ccc(CN2CCC(OCCO)CC2)nc1. The van der Waals surface area contributed by atoms with Crippen molar-refractivity contribution in [1.29, 1.82) is 0 Å². The number of methoxy groups -OCH3 is 1. The number of carbonyl (C=O) groups is 1. The van der Waals surface area contributed by atoms with Gasteiger partial charge in [0, 0.05) is 25.8 Å². The molecule has 0 unspecified atom stereocenters. The van der Waals surface area contributed by atoms with E-state index in [-0.39, 0.29) is 18.7 Å². The highest BCUT2D eigenvalue weighted by molar-refractivity contribution is 5.88. The summed E-state index contributed by atoms with van der Waals surface area (Å²) in [7, 11) is 1.36. The van der Waals surface area contributed by atoms with Crippen LogP contribution < -0.4 is 0 Å². The number of aromatic nitrogens is 1. The van der Waals surface area contributed by atoms with Gasteiger partial charge in [0.15, 0.2) is 0 Å². The maximum absolute atomic E-state index is 11.3. The van der Waals surface area contributed by atoms with Gasteiger partial charge in [0.2, 0.25) is 0 Å². The Balaban J connectivity index is 1.79. The molecule has 0 aliphatic carbocycles. The van der Waals surface area contributed by atoms with E-state index < -0.39 is 0 Å². The highest BCUT2D eigenvalue weighted by atomic mass is 16.5. The van der Waals surface area contributed by atoms with Gasteiger partial charge in [-0.25, -0.2) is 4.79 Å². The Labute approximate surface area is 124 Å². The van der Waals surface area contributed by atoms with Crippen LogP contribution in [0.2, 0.25) is 0 Å². The number of likely N-dealkylation sites (tertiary alicyclic amines) is 1. The van der Waals surface area contributed by atoms with Gasteiger partial charge in [-0.3, -0.25) is 9.88 Å². The van der Waals surface area contributed by atoms with Crippen molar-refractivity contribution in [3.63, 3.8) is 0 Å².